The number of para-hydroxylation sites is 1. The fourth-order valence-electron chi connectivity index (χ4n) is 4.87. The van der Waals surface area contributed by atoms with E-state index < -0.39 is 11.7 Å². The van der Waals surface area contributed by atoms with Crippen LogP contribution in [0, 0.1) is 5.82 Å². The van der Waals surface area contributed by atoms with Gasteiger partial charge in [0.25, 0.3) is 11.5 Å². The van der Waals surface area contributed by atoms with E-state index in [1.807, 2.05) is 12.1 Å². The summed E-state index contributed by atoms with van der Waals surface area (Å²) in [5.74, 6) is 0.504. The number of rotatable bonds is 8. The molecule has 206 valence electrons. The molecule has 0 radical (unpaired) electrons. The molecule has 1 aliphatic carbocycles. The third-order valence-corrected chi connectivity index (χ3v) is 7.29. The van der Waals surface area contributed by atoms with Crippen molar-refractivity contribution >= 4 is 44.6 Å². The van der Waals surface area contributed by atoms with Gasteiger partial charge in [0.1, 0.15) is 11.6 Å². The van der Waals surface area contributed by atoms with Crippen LogP contribution >= 0.6 is 15.9 Å². The molecule has 0 unspecified atom stereocenters. The fourth-order valence-corrected chi connectivity index (χ4v) is 5.23. The van der Waals surface area contributed by atoms with E-state index in [9.17, 15) is 14.0 Å². The van der Waals surface area contributed by atoms with Gasteiger partial charge in [-0.3, -0.25) is 9.59 Å². The second kappa shape index (κ2) is 12.4. The third-order valence-electron chi connectivity index (χ3n) is 6.80. The topological polar surface area (TPSA) is 94.8 Å². The lowest BCUT2D eigenvalue weighted by Gasteiger charge is -2.22. The lowest BCUT2D eigenvalue weighted by atomic mass is 9.88. The number of benzene rings is 3. The summed E-state index contributed by atoms with van der Waals surface area (Å²) < 4.78 is 26.9. The maximum atomic E-state index is 13.6. The summed E-state index contributed by atoms with van der Waals surface area (Å²) in [6, 6.07) is 16.3. The molecule has 1 N–H and O–H groups in total. The van der Waals surface area contributed by atoms with Crippen molar-refractivity contribution < 1.29 is 18.7 Å². The second-order valence-electron chi connectivity index (χ2n) is 9.55. The maximum absolute atomic E-state index is 13.6. The van der Waals surface area contributed by atoms with Gasteiger partial charge in [-0.25, -0.2) is 9.37 Å². The zero-order valence-electron chi connectivity index (χ0n) is 21.9. The van der Waals surface area contributed by atoms with Crippen molar-refractivity contribution in [2.45, 2.75) is 38.0 Å². The Morgan fingerprint density at radius 1 is 1.15 bits per heavy atom. The number of halogens is 2. The van der Waals surface area contributed by atoms with Gasteiger partial charge in [0.2, 0.25) is 0 Å². The van der Waals surface area contributed by atoms with Crippen LogP contribution in [0.15, 0.2) is 75.0 Å². The Kier molecular flexibility index (Phi) is 8.54. The van der Waals surface area contributed by atoms with Crippen molar-refractivity contribution in [1.29, 1.82) is 0 Å². The van der Waals surface area contributed by atoms with Crippen LogP contribution in [0.3, 0.4) is 0 Å². The van der Waals surface area contributed by atoms with Crippen molar-refractivity contribution in [3.8, 4) is 11.5 Å². The molecule has 4 aromatic rings. The Labute approximate surface area is 239 Å². The lowest BCUT2D eigenvalue weighted by Crippen LogP contribution is -2.25. The van der Waals surface area contributed by atoms with Gasteiger partial charge in [0, 0.05) is 21.6 Å². The van der Waals surface area contributed by atoms with Crippen LogP contribution in [0.2, 0.25) is 0 Å². The number of anilines is 1. The smallest absolute Gasteiger partial charge is 0.282 e. The zero-order chi connectivity index (χ0) is 28.1. The van der Waals surface area contributed by atoms with Crippen LogP contribution in [-0.4, -0.2) is 35.5 Å². The van der Waals surface area contributed by atoms with Crippen LogP contribution in [0.1, 0.15) is 49.4 Å². The van der Waals surface area contributed by atoms with Gasteiger partial charge in [-0.15, -0.1) is 0 Å². The number of nitrogens with one attached hydrogen (secondary N) is 1. The highest BCUT2D eigenvalue weighted by Gasteiger charge is 2.23. The molecular formula is C30H28BrFN4O4. The van der Waals surface area contributed by atoms with Crippen molar-refractivity contribution in [2.24, 2.45) is 5.10 Å². The average molecular weight is 607 g/mol. The monoisotopic (exact) mass is 606 g/mol. The van der Waals surface area contributed by atoms with Crippen LogP contribution in [-0.2, 0) is 4.79 Å². The molecule has 0 aliphatic heterocycles. The molecular weight excluding hydrogens is 579 g/mol. The quantitative estimate of drug-likeness (QED) is 0.239. The predicted octanol–water partition coefficient (Wildman–Crippen LogP) is 6.25. The minimum Gasteiger partial charge on any atom is -0.493 e. The van der Waals surface area contributed by atoms with E-state index in [-0.39, 0.29) is 23.8 Å². The van der Waals surface area contributed by atoms with E-state index >= 15 is 0 Å². The highest BCUT2D eigenvalue weighted by Crippen LogP contribution is 2.33. The lowest BCUT2D eigenvalue weighted by molar-refractivity contribution is -0.118. The summed E-state index contributed by atoms with van der Waals surface area (Å²) in [5.41, 5.74) is 1.20. The molecule has 1 amide bonds. The maximum Gasteiger partial charge on any atom is 0.282 e. The number of methoxy groups -OCH3 is 1. The normalized spacial score (nSPS) is 14.0. The molecule has 1 aromatic heterocycles. The number of carbonyl (C=O) groups excluding carboxylic acids is 1. The van der Waals surface area contributed by atoms with Gasteiger partial charge in [-0.05, 0) is 61.4 Å². The van der Waals surface area contributed by atoms with Crippen LogP contribution in [0.5, 0.6) is 11.5 Å². The number of aromatic nitrogens is 2. The van der Waals surface area contributed by atoms with E-state index in [4.69, 9.17) is 14.5 Å². The number of hydrogen-bond donors (Lipinski definition) is 1. The predicted molar refractivity (Wildman–Crippen MR) is 156 cm³/mol. The fraction of sp³-hybridized carbons (Fsp3) is 0.267. The van der Waals surface area contributed by atoms with Gasteiger partial charge in [0.05, 0.1) is 24.2 Å². The van der Waals surface area contributed by atoms with Crippen LogP contribution in [0.25, 0.3) is 10.9 Å². The molecule has 0 spiro atoms. The Bertz CT molecular complexity index is 1630. The molecule has 1 heterocycles. The molecule has 10 heteroatoms. The molecule has 5 rings (SSSR count). The largest absolute Gasteiger partial charge is 0.493 e. The first-order valence-electron chi connectivity index (χ1n) is 13.0. The van der Waals surface area contributed by atoms with Gasteiger partial charge in [-0.1, -0.05) is 47.3 Å². The molecule has 1 saturated carbocycles. The molecule has 3 aromatic carbocycles. The summed E-state index contributed by atoms with van der Waals surface area (Å²) in [6.07, 6.45) is 6.72. The Morgan fingerprint density at radius 3 is 2.73 bits per heavy atom. The molecule has 0 saturated heterocycles. The Hall–Kier alpha value is -4.05. The second-order valence-corrected chi connectivity index (χ2v) is 10.5. The van der Waals surface area contributed by atoms with Gasteiger partial charge in [0.15, 0.2) is 18.1 Å². The van der Waals surface area contributed by atoms with E-state index in [0.717, 1.165) is 30.2 Å². The average Bonchev–Trinajstić information content (AvgIpc) is 2.96. The first-order valence-corrected chi connectivity index (χ1v) is 13.8. The van der Waals surface area contributed by atoms with E-state index in [0.29, 0.717) is 33.7 Å². The standard InChI is InChI=1S/C30H28BrFN4O4/c1-39-26-12-5-9-20(28(26)40-18-27(37)34-23-11-6-10-22(32)16-23)17-33-36-29(19-7-3-2-4-8-19)35-25-14-13-21(31)15-24(25)30(36)38/h5-6,9-17,19H,2-4,7-8,18H2,1H3,(H,34,37). The van der Waals surface area contributed by atoms with Crippen molar-refractivity contribution in [3.05, 3.63) is 92.7 Å². The summed E-state index contributed by atoms with van der Waals surface area (Å²) in [7, 11) is 1.49. The summed E-state index contributed by atoms with van der Waals surface area (Å²) in [4.78, 5) is 31.0. The summed E-state index contributed by atoms with van der Waals surface area (Å²) >= 11 is 3.44. The Morgan fingerprint density at radius 2 is 1.95 bits per heavy atom. The van der Waals surface area contributed by atoms with Crippen molar-refractivity contribution in [3.63, 3.8) is 0 Å². The van der Waals surface area contributed by atoms with E-state index in [2.05, 4.69) is 26.3 Å². The highest BCUT2D eigenvalue weighted by molar-refractivity contribution is 9.10. The number of nitrogens with zero attached hydrogens (tertiary/aromatic N) is 3. The van der Waals surface area contributed by atoms with Gasteiger partial charge < -0.3 is 14.8 Å². The van der Waals surface area contributed by atoms with Crippen molar-refractivity contribution in [2.75, 3.05) is 19.0 Å². The minimum atomic E-state index is -0.473. The van der Waals surface area contributed by atoms with Crippen LogP contribution < -0.4 is 20.3 Å². The number of hydrogen-bond acceptors (Lipinski definition) is 6. The first-order chi connectivity index (χ1) is 19.4. The summed E-state index contributed by atoms with van der Waals surface area (Å²) in [5, 5.41) is 7.66. The minimum absolute atomic E-state index is 0.124. The number of carbonyl (C=O) groups is 1. The summed E-state index contributed by atoms with van der Waals surface area (Å²) in [6.45, 7) is -0.351. The van der Waals surface area contributed by atoms with Gasteiger partial charge in [-0.2, -0.15) is 9.78 Å². The van der Waals surface area contributed by atoms with E-state index in [1.165, 1.54) is 42.6 Å². The third kappa shape index (κ3) is 6.22. The first kappa shape index (κ1) is 27.5. The SMILES string of the molecule is COc1cccc(C=Nn2c(C3CCCCC3)nc3ccc(Br)cc3c2=O)c1OCC(=O)Nc1cccc(F)c1. The van der Waals surface area contributed by atoms with Gasteiger partial charge >= 0.3 is 0 Å². The molecule has 1 fully saturated rings. The highest BCUT2D eigenvalue weighted by atomic mass is 79.9. The number of amides is 1. The van der Waals surface area contributed by atoms with Crippen LogP contribution in [0.4, 0.5) is 10.1 Å². The Balaban J connectivity index is 1.47. The molecule has 1 aliphatic rings. The molecule has 0 bridgehead atoms. The molecule has 0 atom stereocenters. The molecule has 8 nitrogen and oxygen atoms in total. The molecule has 40 heavy (non-hydrogen) atoms. The number of ether oxygens (including phenoxy) is 2. The zero-order valence-corrected chi connectivity index (χ0v) is 23.5. The van der Waals surface area contributed by atoms with E-state index in [1.54, 1.807) is 30.3 Å². The van der Waals surface area contributed by atoms with Crippen molar-refractivity contribution in [1.82, 2.24) is 9.66 Å². The number of fused-ring (bicyclic) bond motifs is 1.